The molecule has 0 spiro atoms. The van der Waals surface area contributed by atoms with Crippen molar-refractivity contribution in [3.8, 4) is 0 Å². The SMILES string of the molecule is Cn1c(N)nc(C(F)(F)F)c1N. The highest BCUT2D eigenvalue weighted by molar-refractivity contribution is 5.45. The first-order chi connectivity index (χ1) is 5.34. The Labute approximate surface area is 66.0 Å². The minimum atomic E-state index is -4.54. The van der Waals surface area contributed by atoms with Crippen LogP contribution in [0.2, 0.25) is 0 Å². The molecule has 0 atom stereocenters. The number of hydrogen-bond donors (Lipinski definition) is 2. The minimum Gasteiger partial charge on any atom is -0.383 e. The fourth-order valence-electron chi connectivity index (χ4n) is 0.738. The lowest BCUT2D eigenvalue weighted by Crippen LogP contribution is -2.09. The summed E-state index contributed by atoms with van der Waals surface area (Å²) >= 11 is 0. The van der Waals surface area contributed by atoms with E-state index in [1.165, 1.54) is 7.05 Å². The molecule has 7 heteroatoms. The van der Waals surface area contributed by atoms with E-state index in [-0.39, 0.29) is 5.95 Å². The normalized spacial score (nSPS) is 12.0. The molecule has 0 saturated heterocycles. The Bertz CT molecular complexity index is 300. The summed E-state index contributed by atoms with van der Waals surface area (Å²) in [6, 6.07) is 0. The Hall–Kier alpha value is -1.40. The van der Waals surface area contributed by atoms with E-state index in [0.29, 0.717) is 0 Å². The average Bonchev–Trinajstić information content (AvgIpc) is 2.15. The largest absolute Gasteiger partial charge is 0.437 e. The Morgan fingerprint density at radius 2 is 1.83 bits per heavy atom. The molecule has 0 aliphatic rings. The van der Waals surface area contributed by atoms with Crippen molar-refractivity contribution in [2.24, 2.45) is 7.05 Å². The zero-order chi connectivity index (χ0) is 9.52. The molecule has 1 rings (SSSR count). The zero-order valence-electron chi connectivity index (χ0n) is 6.18. The van der Waals surface area contributed by atoms with Crippen LogP contribution in [0.25, 0.3) is 0 Å². The van der Waals surface area contributed by atoms with E-state index in [2.05, 4.69) is 4.98 Å². The molecule has 0 fully saturated rings. The highest BCUT2D eigenvalue weighted by Gasteiger charge is 2.37. The van der Waals surface area contributed by atoms with Gasteiger partial charge in [0.15, 0.2) is 5.69 Å². The molecule has 68 valence electrons. The quantitative estimate of drug-likeness (QED) is 0.614. The van der Waals surface area contributed by atoms with Gasteiger partial charge in [0.25, 0.3) is 0 Å². The van der Waals surface area contributed by atoms with Gasteiger partial charge in [0.1, 0.15) is 5.82 Å². The molecule has 1 aromatic heterocycles. The van der Waals surface area contributed by atoms with Crippen molar-refractivity contribution in [1.82, 2.24) is 9.55 Å². The summed E-state index contributed by atoms with van der Waals surface area (Å²) in [6.07, 6.45) is -4.54. The van der Waals surface area contributed by atoms with Crippen molar-refractivity contribution < 1.29 is 13.2 Å². The maximum absolute atomic E-state index is 12.0. The van der Waals surface area contributed by atoms with Crippen LogP contribution in [0.5, 0.6) is 0 Å². The molecule has 0 aliphatic carbocycles. The van der Waals surface area contributed by atoms with Crippen LogP contribution in [0.15, 0.2) is 0 Å². The lowest BCUT2D eigenvalue weighted by atomic mass is 10.4. The number of imidazole rings is 1. The summed E-state index contributed by atoms with van der Waals surface area (Å²) < 4.78 is 37.1. The van der Waals surface area contributed by atoms with Crippen LogP contribution >= 0.6 is 0 Å². The summed E-state index contributed by atoms with van der Waals surface area (Å²) in [6.45, 7) is 0. The fraction of sp³-hybridized carbons (Fsp3) is 0.400. The number of nitrogen functional groups attached to an aromatic ring is 2. The van der Waals surface area contributed by atoms with Crippen molar-refractivity contribution in [2.75, 3.05) is 11.5 Å². The molecule has 1 heterocycles. The predicted octanol–water partition coefficient (Wildman–Crippen LogP) is 0.603. The van der Waals surface area contributed by atoms with Crippen molar-refractivity contribution in [2.45, 2.75) is 6.18 Å². The van der Waals surface area contributed by atoms with Gasteiger partial charge >= 0.3 is 6.18 Å². The Kier molecular flexibility index (Phi) is 1.66. The number of anilines is 2. The zero-order valence-corrected chi connectivity index (χ0v) is 6.18. The highest BCUT2D eigenvalue weighted by Crippen LogP contribution is 2.33. The smallest absolute Gasteiger partial charge is 0.383 e. The third kappa shape index (κ3) is 1.17. The molecule has 0 amide bonds. The summed E-state index contributed by atoms with van der Waals surface area (Å²) in [5, 5.41) is 0. The van der Waals surface area contributed by atoms with Gasteiger partial charge in [-0.2, -0.15) is 13.2 Å². The summed E-state index contributed by atoms with van der Waals surface area (Å²) in [4.78, 5) is 3.07. The lowest BCUT2D eigenvalue weighted by Gasteiger charge is -2.02. The van der Waals surface area contributed by atoms with E-state index in [1.54, 1.807) is 0 Å². The Morgan fingerprint density at radius 3 is 2.00 bits per heavy atom. The first kappa shape index (κ1) is 8.69. The van der Waals surface area contributed by atoms with Gasteiger partial charge in [-0.1, -0.05) is 0 Å². The number of hydrogen-bond acceptors (Lipinski definition) is 3. The van der Waals surface area contributed by atoms with Crippen LogP contribution in [-0.2, 0) is 13.2 Å². The summed E-state index contributed by atoms with van der Waals surface area (Å²) in [5.41, 5.74) is 9.06. The second-order valence-electron chi connectivity index (χ2n) is 2.26. The molecule has 0 radical (unpaired) electrons. The molecule has 4 nitrogen and oxygen atoms in total. The van der Waals surface area contributed by atoms with Crippen molar-refractivity contribution in [3.63, 3.8) is 0 Å². The van der Waals surface area contributed by atoms with Gasteiger partial charge in [-0.15, -0.1) is 0 Å². The van der Waals surface area contributed by atoms with E-state index >= 15 is 0 Å². The van der Waals surface area contributed by atoms with Gasteiger partial charge in [0.05, 0.1) is 0 Å². The topological polar surface area (TPSA) is 69.9 Å². The van der Waals surface area contributed by atoms with Gasteiger partial charge in [0.2, 0.25) is 5.95 Å². The molecule has 4 N–H and O–H groups in total. The van der Waals surface area contributed by atoms with Crippen LogP contribution in [0.1, 0.15) is 5.69 Å². The maximum Gasteiger partial charge on any atom is 0.437 e. The standard InChI is InChI=1S/C5H7F3N4/c1-12-3(9)2(5(6,7)8)11-4(12)10/h9H2,1H3,(H2,10,11). The highest BCUT2D eigenvalue weighted by atomic mass is 19.4. The predicted molar refractivity (Wildman–Crippen MR) is 37.0 cm³/mol. The number of rotatable bonds is 0. The molecule has 12 heavy (non-hydrogen) atoms. The molecule has 0 aliphatic heterocycles. The van der Waals surface area contributed by atoms with Crippen LogP contribution in [0, 0.1) is 0 Å². The fourth-order valence-corrected chi connectivity index (χ4v) is 0.738. The molecule has 0 aromatic carbocycles. The molecule has 1 aromatic rings. The molecule has 0 unspecified atom stereocenters. The maximum atomic E-state index is 12.0. The Balaban J connectivity index is 3.28. The molecular weight excluding hydrogens is 173 g/mol. The van der Waals surface area contributed by atoms with Crippen LogP contribution in [-0.4, -0.2) is 9.55 Å². The number of aromatic nitrogens is 2. The van der Waals surface area contributed by atoms with Gasteiger partial charge in [0, 0.05) is 7.05 Å². The summed E-state index contributed by atoms with van der Waals surface area (Å²) in [5.74, 6) is -0.722. The monoisotopic (exact) mass is 180 g/mol. The Morgan fingerprint density at radius 1 is 1.33 bits per heavy atom. The van der Waals surface area contributed by atoms with Crippen LogP contribution in [0.4, 0.5) is 24.9 Å². The third-order valence-corrected chi connectivity index (χ3v) is 1.44. The minimum absolute atomic E-state index is 0.250. The lowest BCUT2D eigenvalue weighted by molar-refractivity contribution is -0.140. The molecule has 0 saturated carbocycles. The van der Waals surface area contributed by atoms with Crippen LogP contribution < -0.4 is 11.5 Å². The van der Waals surface area contributed by atoms with Crippen LogP contribution in [0.3, 0.4) is 0 Å². The first-order valence-corrected chi connectivity index (χ1v) is 2.99. The van der Waals surface area contributed by atoms with Gasteiger partial charge in [-0.3, -0.25) is 0 Å². The average molecular weight is 180 g/mol. The van der Waals surface area contributed by atoms with E-state index < -0.39 is 17.7 Å². The van der Waals surface area contributed by atoms with Gasteiger partial charge < -0.3 is 16.0 Å². The van der Waals surface area contributed by atoms with Crippen molar-refractivity contribution in [1.29, 1.82) is 0 Å². The van der Waals surface area contributed by atoms with E-state index in [1.807, 2.05) is 0 Å². The number of alkyl halides is 3. The molecule has 0 bridgehead atoms. The van der Waals surface area contributed by atoms with E-state index in [4.69, 9.17) is 11.5 Å². The van der Waals surface area contributed by atoms with Crippen molar-refractivity contribution in [3.05, 3.63) is 5.69 Å². The second-order valence-corrected chi connectivity index (χ2v) is 2.26. The van der Waals surface area contributed by atoms with E-state index in [9.17, 15) is 13.2 Å². The van der Waals surface area contributed by atoms with Crippen molar-refractivity contribution >= 4 is 11.8 Å². The summed E-state index contributed by atoms with van der Waals surface area (Å²) in [7, 11) is 1.31. The molecular formula is C5H7F3N4. The van der Waals surface area contributed by atoms with Gasteiger partial charge in [-0.25, -0.2) is 4.98 Å². The number of halogens is 3. The second kappa shape index (κ2) is 2.29. The third-order valence-electron chi connectivity index (χ3n) is 1.44. The van der Waals surface area contributed by atoms with E-state index in [0.717, 1.165) is 4.57 Å². The first-order valence-electron chi connectivity index (χ1n) is 2.99. The number of nitrogens with zero attached hydrogens (tertiary/aromatic N) is 2. The van der Waals surface area contributed by atoms with Gasteiger partial charge in [-0.05, 0) is 0 Å². The number of nitrogens with two attached hydrogens (primary N) is 2.